The molecular weight excluding hydrogens is 406 g/mol. The van der Waals surface area contributed by atoms with E-state index < -0.39 is 0 Å². The molecule has 4 rings (SSSR count). The van der Waals surface area contributed by atoms with Crippen molar-refractivity contribution >= 4 is 17.4 Å². The first-order valence-electron chi connectivity index (χ1n) is 10.5. The van der Waals surface area contributed by atoms with Gasteiger partial charge in [-0.15, -0.1) is 0 Å². The lowest BCUT2D eigenvalue weighted by atomic mass is 9.89. The summed E-state index contributed by atoms with van der Waals surface area (Å²) in [6.45, 7) is 4.74. The molecule has 3 heterocycles. The molecule has 2 unspecified atom stereocenters. The van der Waals surface area contributed by atoms with Gasteiger partial charge in [-0.1, -0.05) is 6.07 Å². The molecule has 1 aromatic carbocycles. The van der Waals surface area contributed by atoms with Crippen LogP contribution in [0.15, 0.2) is 42.7 Å². The summed E-state index contributed by atoms with van der Waals surface area (Å²) in [6, 6.07) is 11.6. The number of amides is 1. The number of nitrogens with one attached hydrogen (secondary N) is 1. The highest BCUT2D eigenvalue weighted by molar-refractivity contribution is 5.94. The number of anilines is 2. The molecule has 0 fully saturated rings. The number of pyridine rings is 1. The molecule has 1 aliphatic heterocycles. The molecule has 1 N–H and O–H groups in total. The topological polar surface area (TPSA) is 109 Å². The van der Waals surface area contributed by atoms with Crippen molar-refractivity contribution in [1.29, 1.82) is 5.26 Å². The maximum absolute atomic E-state index is 12.4. The lowest BCUT2D eigenvalue weighted by molar-refractivity contribution is -0.117. The zero-order valence-corrected chi connectivity index (χ0v) is 18.3. The molecule has 0 aliphatic carbocycles. The van der Waals surface area contributed by atoms with Gasteiger partial charge in [0.05, 0.1) is 31.0 Å². The molecule has 1 amide bonds. The van der Waals surface area contributed by atoms with Crippen LogP contribution in [0.3, 0.4) is 0 Å². The van der Waals surface area contributed by atoms with E-state index in [4.69, 9.17) is 10.00 Å². The van der Waals surface area contributed by atoms with Crippen molar-refractivity contribution in [3.8, 4) is 17.3 Å². The Bertz CT molecular complexity index is 1150. The molecule has 0 radical (unpaired) electrons. The second kappa shape index (κ2) is 9.16. The van der Waals surface area contributed by atoms with Crippen LogP contribution in [-0.4, -0.2) is 45.6 Å². The van der Waals surface area contributed by atoms with Crippen LogP contribution in [0.25, 0.3) is 11.3 Å². The van der Waals surface area contributed by atoms with Gasteiger partial charge in [0.25, 0.3) is 0 Å². The number of rotatable bonds is 6. The average molecular weight is 432 g/mol. The summed E-state index contributed by atoms with van der Waals surface area (Å²) in [7, 11) is 1.64. The van der Waals surface area contributed by atoms with Gasteiger partial charge in [0.1, 0.15) is 17.6 Å². The van der Waals surface area contributed by atoms with Crippen LogP contribution >= 0.6 is 0 Å². The monoisotopic (exact) mass is 431 g/mol. The maximum Gasteiger partial charge on any atom is 0.224 e. The van der Waals surface area contributed by atoms with Gasteiger partial charge in [-0.05, 0) is 43.2 Å². The van der Waals surface area contributed by atoms with Crippen LogP contribution in [0.5, 0.6) is 0 Å². The number of ether oxygens (including phenoxy) is 1. The van der Waals surface area contributed by atoms with Gasteiger partial charge in [0.15, 0.2) is 0 Å². The van der Waals surface area contributed by atoms with Crippen molar-refractivity contribution in [3.05, 3.63) is 53.9 Å². The van der Waals surface area contributed by atoms with Gasteiger partial charge in [0.2, 0.25) is 5.91 Å². The highest BCUT2D eigenvalue weighted by Crippen LogP contribution is 2.40. The van der Waals surface area contributed by atoms with E-state index in [9.17, 15) is 4.79 Å². The molecule has 0 saturated carbocycles. The molecule has 0 bridgehead atoms. The Morgan fingerprint density at radius 2 is 2.16 bits per heavy atom. The first-order chi connectivity index (χ1) is 15.5. The lowest BCUT2D eigenvalue weighted by Gasteiger charge is -2.39. The number of nitriles is 1. The minimum atomic E-state index is -0.0560. The highest BCUT2D eigenvalue weighted by Gasteiger charge is 2.33. The predicted octanol–water partition coefficient (Wildman–Crippen LogP) is 3.16. The third-order valence-corrected chi connectivity index (χ3v) is 5.56. The molecule has 9 heteroatoms. The third-order valence-electron chi connectivity index (χ3n) is 5.56. The summed E-state index contributed by atoms with van der Waals surface area (Å²) in [5, 5.41) is 21.3. The fourth-order valence-corrected chi connectivity index (χ4v) is 4.07. The number of hydrogen-bond acceptors (Lipinski definition) is 7. The number of nitrogens with zero attached hydrogens (tertiary/aromatic N) is 6. The van der Waals surface area contributed by atoms with Gasteiger partial charge in [-0.2, -0.15) is 20.3 Å². The Labute approximate surface area is 186 Å². The largest absolute Gasteiger partial charge is 0.383 e. The second-order valence-electron chi connectivity index (χ2n) is 7.81. The fourth-order valence-electron chi connectivity index (χ4n) is 4.07. The smallest absolute Gasteiger partial charge is 0.224 e. The SMILES string of the molecule is COCCn1ncc(-c2ccc3c(c2)C(Nc2ccc(C#N)cn2)CC(C)N3C(C)=O)n1. The molecule has 1 aliphatic rings. The molecule has 32 heavy (non-hydrogen) atoms. The molecule has 0 saturated heterocycles. The Balaban J connectivity index is 1.70. The molecule has 164 valence electrons. The second-order valence-corrected chi connectivity index (χ2v) is 7.81. The van der Waals surface area contributed by atoms with Crippen molar-refractivity contribution in [2.45, 2.75) is 38.9 Å². The van der Waals surface area contributed by atoms with Crippen LogP contribution in [0.4, 0.5) is 11.5 Å². The van der Waals surface area contributed by atoms with E-state index in [-0.39, 0.29) is 18.0 Å². The third kappa shape index (κ3) is 4.31. The van der Waals surface area contributed by atoms with Crippen LogP contribution in [0.1, 0.15) is 37.4 Å². The zero-order chi connectivity index (χ0) is 22.7. The van der Waals surface area contributed by atoms with Crippen molar-refractivity contribution < 1.29 is 9.53 Å². The van der Waals surface area contributed by atoms with Gasteiger partial charge >= 0.3 is 0 Å². The summed E-state index contributed by atoms with van der Waals surface area (Å²) in [5.74, 6) is 0.686. The van der Waals surface area contributed by atoms with Crippen molar-refractivity contribution in [2.75, 3.05) is 23.9 Å². The molecule has 3 aromatic rings. The van der Waals surface area contributed by atoms with Crippen LogP contribution in [0.2, 0.25) is 0 Å². The highest BCUT2D eigenvalue weighted by atomic mass is 16.5. The van der Waals surface area contributed by atoms with Gasteiger partial charge in [-0.25, -0.2) is 4.98 Å². The first kappa shape index (κ1) is 21.5. The maximum atomic E-state index is 12.4. The van der Waals surface area contributed by atoms with Crippen molar-refractivity contribution in [1.82, 2.24) is 20.0 Å². The summed E-state index contributed by atoms with van der Waals surface area (Å²) in [6.07, 6.45) is 4.00. The lowest BCUT2D eigenvalue weighted by Crippen LogP contribution is -2.43. The van der Waals surface area contributed by atoms with Crippen LogP contribution in [0, 0.1) is 11.3 Å². The first-order valence-corrected chi connectivity index (χ1v) is 10.5. The number of methoxy groups -OCH3 is 1. The zero-order valence-electron chi connectivity index (χ0n) is 18.3. The summed E-state index contributed by atoms with van der Waals surface area (Å²) >= 11 is 0. The van der Waals surface area contributed by atoms with E-state index in [1.165, 1.54) is 0 Å². The standard InChI is InChI=1S/C23H25N7O2/c1-15-10-20(27-23-7-4-17(12-24)13-25-23)19-11-18(5-6-22(19)30(15)16(2)31)21-14-26-29(28-21)8-9-32-3/h4-7,11,13-15,20H,8-10H2,1-3H3,(H,25,27). The van der Waals surface area contributed by atoms with Crippen LogP contribution in [-0.2, 0) is 16.1 Å². The quantitative estimate of drug-likeness (QED) is 0.638. The van der Waals surface area contributed by atoms with Crippen molar-refractivity contribution in [2.24, 2.45) is 0 Å². The molecule has 0 spiro atoms. The fraction of sp³-hybridized carbons (Fsp3) is 0.348. The number of carbonyl (C=O) groups is 1. The van der Waals surface area contributed by atoms with Gasteiger partial charge < -0.3 is 15.0 Å². The normalized spacial score (nSPS) is 17.5. The Hall–Kier alpha value is -3.77. The summed E-state index contributed by atoms with van der Waals surface area (Å²) in [5.41, 5.74) is 4.05. The minimum Gasteiger partial charge on any atom is -0.383 e. The number of benzene rings is 1. The molecule has 2 aromatic heterocycles. The van der Waals surface area contributed by atoms with Crippen LogP contribution < -0.4 is 10.2 Å². The van der Waals surface area contributed by atoms with E-state index in [2.05, 4.69) is 32.6 Å². The number of carbonyl (C=O) groups excluding carboxylic acids is 1. The molecular formula is C23H25N7O2. The van der Waals surface area contributed by atoms with Crippen molar-refractivity contribution in [3.63, 3.8) is 0 Å². The number of aromatic nitrogens is 4. The van der Waals surface area contributed by atoms with E-state index in [1.807, 2.05) is 24.0 Å². The molecule has 9 nitrogen and oxygen atoms in total. The minimum absolute atomic E-state index is 0.00644. The van der Waals surface area contributed by atoms with E-state index in [1.54, 1.807) is 43.4 Å². The molecule has 2 atom stereocenters. The Kier molecular flexibility index (Phi) is 6.14. The predicted molar refractivity (Wildman–Crippen MR) is 120 cm³/mol. The van der Waals surface area contributed by atoms with E-state index >= 15 is 0 Å². The summed E-state index contributed by atoms with van der Waals surface area (Å²) in [4.78, 5) is 20.2. The van der Waals surface area contributed by atoms with E-state index in [0.29, 0.717) is 24.5 Å². The van der Waals surface area contributed by atoms with Gasteiger partial charge in [0, 0.05) is 37.5 Å². The Morgan fingerprint density at radius 1 is 1.31 bits per heavy atom. The number of fused-ring (bicyclic) bond motifs is 1. The Morgan fingerprint density at radius 3 is 2.84 bits per heavy atom. The average Bonchev–Trinajstić information content (AvgIpc) is 3.26. The van der Waals surface area contributed by atoms with Gasteiger partial charge in [-0.3, -0.25) is 4.79 Å². The number of hydrogen-bond donors (Lipinski definition) is 1. The van der Waals surface area contributed by atoms with E-state index in [0.717, 1.165) is 28.9 Å². The summed E-state index contributed by atoms with van der Waals surface area (Å²) < 4.78 is 5.09.